The van der Waals surface area contributed by atoms with Crippen LogP contribution in [0.5, 0.6) is 0 Å². The Kier molecular flexibility index (Phi) is 5.82. The highest BCUT2D eigenvalue weighted by Gasteiger charge is 2.19. The average Bonchev–Trinajstić information content (AvgIpc) is 2.68. The monoisotopic (exact) mass is 388 g/mol. The third-order valence-electron chi connectivity index (χ3n) is 4.81. The van der Waals surface area contributed by atoms with E-state index in [-0.39, 0.29) is 10.7 Å². The number of rotatable bonds is 6. The summed E-state index contributed by atoms with van der Waals surface area (Å²) in [6.07, 6.45) is 2.28. The van der Waals surface area contributed by atoms with Crippen molar-refractivity contribution < 1.29 is 17.9 Å². The summed E-state index contributed by atoms with van der Waals surface area (Å²) < 4.78 is 33.1. The van der Waals surface area contributed by atoms with Gasteiger partial charge in [-0.1, -0.05) is 12.1 Å². The lowest BCUT2D eigenvalue weighted by Crippen LogP contribution is -2.36. The number of piperidine rings is 1. The zero-order chi connectivity index (χ0) is 19.4. The number of sulfonamides is 1. The Labute approximate surface area is 160 Å². The van der Waals surface area contributed by atoms with Crippen molar-refractivity contribution in [3.63, 3.8) is 0 Å². The molecule has 27 heavy (non-hydrogen) atoms. The molecule has 0 saturated carbocycles. The Morgan fingerprint density at radius 3 is 2.37 bits per heavy atom. The smallest absolute Gasteiger partial charge is 0.261 e. The van der Waals surface area contributed by atoms with Gasteiger partial charge in [0.1, 0.15) is 0 Å². The molecule has 1 fully saturated rings. The van der Waals surface area contributed by atoms with Crippen LogP contribution in [0.15, 0.2) is 53.4 Å². The van der Waals surface area contributed by atoms with Gasteiger partial charge >= 0.3 is 0 Å². The Balaban J connectivity index is 1.70. The van der Waals surface area contributed by atoms with Crippen molar-refractivity contribution in [1.82, 2.24) is 0 Å². The standard InChI is InChI=1S/C20H24N2O4S/c1-15(23)16-4-3-5-20(14-16)27(24,25)21-17-6-8-18(9-7-17)22-12-10-19(26-2)11-13-22/h3-9,14,19,21H,10-13H2,1-2H3. The second kappa shape index (κ2) is 8.10. The third kappa shape index (κ3) is 4.67. The normalized spacial score (nSPS) is 15.6. The minimum Gasteiger partial charge on any atom is -0.381 e. The SMILES string of the molecule is COC1CCN(c2ccc(NS(=O)(=O)c3cccc(C(C)=O)c3)cc2)CC1. The minimum absolute atomic E-state index is 0.0703. The number of hydrogen-bond acceptors (Lipinski definition) is 5. The molecule has 2 aromatic carbocycles. The van der Waals surface area contributed by atoms with Gasteiger partial charge < -0.3 is 9.64 Å². The van der Waals surface area contributed by atoms with Crippen LogP contribution < -0.4 is 9.62 Å². The van der Waals surface area contributed by atoms with E-state index in [1.165, 1.54) is 19.1 Å². The van der Waals surface area contributed by atoms with Crippen LogP contribution in [0.3, 0.4) is 0 Å². The molecule has 144 valence electrons. The summed E-state index contributed by atoms with van der Waals surface area (Å²) in [5.41, 5.74) is 1.91. The molecule has 0 unspecified atom stereocenters. The van der Waals surface area contributed by atoms with Gasteiger partial charge in [0.15, 0.2) is 5.78 Å². The van der Waals surface area contributed by atoms with E-state index in [0.717, 1.165) is 31.6 Å². The number of Topliss-reactive ketones (excluding diaryl/α,β-unsaturated/α-hetero) is 1. The Morgan fingerprint density at radius 1 is 1.11 bits per heavy atom. The molecule has 0 aliphatic carbocycles. The predicted octanol–water partition coefficient (Wildman–Crippen LogP) is 3.31. The van der Waals surface area contributed by atoms with Gasteiger partial charge in [-0.15, -0.1) is 0 Å². The molecule has 0 radical (unpaired) electrons. The maximum atomic E-state index is 12.6. The summed E-state index contributed by atoms with van der Waals surface area (Å²) in [6.45, 7) is 3.25. The van der Waals surface area contributed by atoms with Crippen LogP contribution in [0.4, 0.5) is 11.4 Å². The summed E-state index contributed by atoms with van der Waals surface area (Å²) in [6, 6.07) is 13.4. The quantitative estimate of drug-likeness (QED) is 0.769. The van der Waals surface area contributed by atoms with Crippen LogP contribution in [0, 0.1) is 0 Å². The first-order valence-electron chi connectivity index (χ1n) is 8.90. The number of nitrogens with zero attached hydrogens (tertiary/aromatic N) is 1. The number of carbonyl (C=O) groups excluding carboxylic acids is 1. The lowest BCUT2D eigenvalue weighted by atomic mass is 10.1. The number of ketones is 1. The summed E-state index contributed by atoms with van der Waals surface area (Å²) in [7, 11) is -2.01. The first-order valence-corrected chi connectivity index (χ1v) is 10.4. The van der Waals surface area contributed by atoms with E-state index in [1.54, 1.807) is 31.4 Å². The van der Waals surface area contributed by atoms with Crippen molar-refractivity contribution in [2.75, 3.05) is 29.8 Å². The van der Waals surface area contributed by atoms with Crippen molar-refractivity contribution in [3.05, 3.63) is 54.1 Å². The Bertz CT molecular complexity index is 902. The largest absolute Gasteiger partial charge is 0.381 e. The molecule has 0 aromatic heterocycles. The van der Waals surface area contributed by atoms with Gasteiger partial charge in [-0.2, -0.15) is 0 Å². The second-order valence-electron chi connectivity index (χ2n) is 6.66. The number of methoxy groups -OCH3 is 1. The van der Waals surface area contributed by atoms with Gasteiger partial charge in [0.25, 0.3) is 10.0 Å². The molecule has 2 aromatic rings. The fourth-order valence-electron chi connectivity index (χ4n) is 3.19. The zero-order valence-corrected chi connectivity index (χ0v) is 16.3. The molecule has 6 nitrogen and oxygen atoms in total. The molecule has 3 rings (SSSR count). The third-order valence-corrected chi connectivity index (χ3v) is 6.19. The van der Waals surface area contributed by atoms with Crippen LogP contribution >= 0.6 is 0 Å². The van der Waals surface area contributed by atoms with Crippen LogP contribution in [-0.2, 0) is 14.8 Å². The van der Waals surface area contributed by atoms with Crippen molar-refractivity contribution in [2.24, 2.45) is 0 Å². The highest BCUT2D eigenvalue weighted by molar-refractivity contribution is 7.92. The Hall–Kier alpha value is -2.38. The number of benzene rings is 2. The summed E-state index contributed by atoms with van der Waals surface area (Å²) >= 11 is 0. The van der Waals surface area contributed by atoms with E-state index < -0.39 is 10.0 Å². The lowest BCUT2D eigenvalue weighted by Gasteiger charge is -2.33. The summed E-state index contributed by atoms with van der Waals surface area (Å²) in [5, 5.41) is 0. The van der Waals surface area contributed by atoms with Crippen LogP contribution in [0.2, 0.25) is 0 Å². The van der Waals surface area contributed by atoms with Crippen molar-refractivity contribution >= 4 is 27.2 Å². The molecule has 1 saturated heterocycles. The fraction of sp³-hybridized carbons (Fsp3) is 0.350. The van der Waals surface area contributed by atoms with Gasteiger partial charge in [-0.25, -0.2) is 8.42 Å². The van der Waals surface area contributed by atoms with E-state index in [0.29, 0.717) is 17.4 Å². The molecule has 0 spiro atoms. The molecule has 0 bridgehead atoms. The number of ether oxygens (including phenoxy) is 1. The van der Waals surface area contributed by atoms with Crippen LogP contribution in [0.25, 0.3) is 0 Å². The molecule has 1 N–H and O–H groups in total. The maximum Gasteiger partial charge on any atom is 0.261 e. The van der Waals surface area contributed by atoms with E-state index in [9.17, 15) is 13.2 Å². The van der Waals surface area contributed by atoms with E-state index in [1.807, 2.05) is 12.1 Å². The predicted molar refractivity (Wildman–Crippen MR) is 106 cm³/mol. The van der Waals surface area contributed by atoms with Crippen LogP contribution in [0.1, 0.15) is 30.1 Å². The molecule has 1 aliphatic rings. The summed E-state index contributed by atoms with van der Waals surface area (Å²) in [5.74, 6) is -0.173. The molecule has 0 amide bonds. The Morgan fingerprint density at radius 2 is 1.78 bits per heavy atom. The number of anilines is 2. The van der Waals surface area contributed by atoms with Gasteiger partial charge in [-0.3, -0.25) is 9.52 Å². The van der Waals surface area contributed by atoms with Crippen molar-refractivity contribution in [2.45, 2.75) is 30.8 Å². The first kappa shape index (κ1) is 19.4. The van der Waals surface area contributed by atoms with E-state index in [4.69, 9.17) is 4.74 Å². The highest BCUT2D eigenvalue weighted by Crippen LogP contribution is 2.24. The van der Waals surface area contributed by atoms with E-state index >= 15 is 0 Å². The molecule has 7 heteroatoms. The molecule has 1 aliphatic heterocycles. The number of hydrogen-bond donors (Lipinski definition) is 1. The number of carbonyl (C=O) groups is 1. The maximum absolute atomic E-state index is 12.6. The highest BCUT2D eigenvalue weighted by atomic mass is 32.2. The average molecular weight is 388 g/mol. The second-order valence-corrected chi connectivity index (χ2v) is 8.34. The molecule has 1 heterocycles. The van der Waals surface area contributed by atoms with E-state index in [2.05, 4.69) is 9.62 Å². The zero-order valence-electron chi connectivity index (χ0n) is 15.5. The van der Waals surface area contributed by atoms with Gasteiger partial charge in [0.2, 0.25) is 0 Å². The van der Waals surface area contributed by atoms with Gasteiger partial charge in [0, 0.05) is 37.1 Å². The van der Waals surface area contributed by atoms with Crippen molar-refractivity contribution in [1.29, 1.82) is 0 Å². The number of nitrogens with one attached hydrogen (secondary N) is 1. The topological polar surface area (TPSA) is 75.7 Å². The summed E-state index contributed by atoms with van der Waals surface area (Å²) in [4.78, 5) is 13.8. The lowest BCUT2D eigenvalue weighted by molar-refractivity contribution is 0.0819. The van der Waals surface area contributed by atoms with Gasteiger partial charge in [-0.05, 0) is 56.2 Å². The minimum atomic E-state index is -3.75. The van der Waals surface area contributed by atoms with Crippen molar-refractivity contribution in [3.8, 4) is 0 Å². The fourth-order valence-corrected chi connectivity index (χ4v) is 4.29. The van der Waals surface area contributed by atoms with Gasteiger partial charge in [0.05, 0.1) is 11.0 Å². The van der Waals surface area contributed by atoms with Crippen LogP contribution in [-0.4, -0.2) is 40.5 Å². The molecular formula is C20H24N2O4S. The molecule has 0 atom stereocenters. The first-order chi connectivity index (χ1) is 12.9. The molecular weight excluding hydrogens is 364 g/mol.